The minimum atomic E-state index is -0.344. The molecule has 0 saturated heterocycles. The summed E-state index contributed by atoms with van der Waals surface area (Å²) in [4.78, 5) is 28.2. The van der Waals surface area contributed by atoms with Gasteiger partial charge in [0.25, 0.3) is 11.8 Å². The van der Waals surface area contributed by atoms with Gasteiger partial charge in [-0.05, 0) is 66.8 Å². The summed E-state index contributed by atoms with van der Waals surface area (Å²) in [5, 5.41) is 3.22. The van der Waals surface area contributed by atoms with Crippen molar-refractivity contribution in [3.05, 3.63) is 101 Å². The lowest BCUT2D eigenvalue weighted by molar-refractivity contribution is -0.120. The second kappa shape index (κ2) is 7.99. The standard InChI is InChI=1S/C26H24N2O2/c1-4-19-10-12-21(13-11-19)27-24-23(20-8-6-5-7-9-20)25(29)28(26(24)30)22-15-17(2)14-18(3)16-22/h5-16,27H,4H2,1-3H3. The van der Waals surface area contributed by atoms with Crippen molar-refractivity contribution < 1.29 is 9.59 Å². The largest absolute Gasteiger partial charge is 0.350 e. The molecule has 1 N–H and O–H groups in total. The average Bonchev–Trinajstić information content (AvgIpc) is 2.98. The molecule has 0 aromatic heterocycles. The van der Waals surface area contributed by atoms with Gasteiger partial charge in [-0.25, -0.2) is 4.90 Å². The van der Waals surface area contributed by atoms with Crippen molar-refractivity contribution >= 4 is 28.8 Å². The molecule has 30 heavy (non-hydrogen) atoms. The first-order valence-corrected chi connectivity index (χ1v) is 10.1. The van der Waals surface area contributed by atoms with Gasteiger partial charge in [-0.15, -0.1) is 0 Å². The van der Waals surface area contributed by atoms with Crippen LogP contribution in [0.25, 0.3) is 5.57 Å². The van der Waals surface area contributed by atoms with Crippen LogP contribution in [0.1, 0.15) is 29.2 Å². The topological polar surface area (TPSA) is 49.4 Å². The maximum absolute atomic E-state index is 13.4. The second-order valence-electron chi connectivity index (χ2n) is 7.58. The highest BCUT2D eigenvalue weighted by Crippen LogP contribution is 2.34. The molecule has 0 atom stereocenters. The molecule has 0 fully saturated rings. The predicted molar refractivity (Wildman–Crippen MR) is 121 cm³/mol. The van der Waals surface area contributed by atoms with Gasteiger partial charge in [-0.2, -0.15) is 0 Å². The molecule has 1 heterocycles. The summed E-state index contributed by atoms with van der Waals surface area (Å²) in [7, 11) is 0. The lowest BCUT2D eigenvalue weighted by Gasteiger charge is -2.17. The fraction of sp³-hybridized carbons (Fsp3) is 0.154. The lowest BCUT2D eigenvalue weighted by Crippen LogP contribution is -2.32. The molecule has 0 radical (unpaired) electrons. The quantitative estimate of drug-likeness (QED) is 0.598. The van der Waals surface area contributed by atoms with E-state index in [1.165, 1.54) is 10.5 Å². The minimum Gasteiger partial charge on any atom is -0.350 e. The van der Waals surface area contributed by atoms with Gasteiger partial charge >= 0.3 is 0 Å². The van der Waals surface area contributed by atoms with Gasteiger partial charge in [0.1, 0.15) is 5.70 Å². The van der Waals surface area contributed by atoms with Crippen molar-refractivity contribution in [1.29, 1.82) is 0 Å². The number of nitrogens with zero attached hydrogens (tertiary/aromatic N) is 1. The molecule has 1 aliphatic rings. The zero-order valence-corrected chi connectivity index (χ0v) is 17.4. The van der Waals surface area contributed by atoms with E-state index >= 15 is 0 Å². The van der Waals surface area contributed by atoms with Crippen LogP contribution in [-0.2, 0) is 16.0 Å². The van der Waals surface area contributed by atoms with Crippen molar-refractivity contribution in [3.63, 3.8) is 0 Å². The van der Waals surface area contributed by atoms with Crippen LogP contribution in [0.3, 0.4) is 0 Å². The van der Waals surface area contributed by atoms with Crippen LogP contribution in [0.2, 0.25) is 0 Å². The summed E-state index contributed by atoms with van der Waals surface area (Å²) in [5.41, 5.74) is 5.99. The summed E-state index contributed by atoms with van der Waals surface area (Å²) >= 11 is 0. The molecule has 4 rings (SSSR count). The van der Waals surface area contributed by atoms with Gasteiger partial charge in [-0.3, -0.25) is 9.59 Å². The maximum Gasteiger partial charge on any atom is 0.282 e. The summed E-state index contributed by atoms with van der Waals surface area (Å²) in [6.45, 7) is 6.02. The van der Waals surface area contributed by atoms with Gasteiger partial charge in [-0.1, -0.05) is 55.5 Å². The Morgan fingerprint density at radius 3 is 2.03 bits per heavy atom. The first kappa shape index (κ1) is 19.6. The maximum atomic E-state index is 13.4. The van der Waals surface area contributed by atoms with E-state index in [1.54, 1.807) is 0 Å². The number of hydrogen-bond acceptors (Lipinski definition) is 3. The summed E-state index contributed by atoms with van der Waals surface area (Å²) < 4.78 is 0. The van der Waals surface area contributed by atoms with Gasteiger partial charge in [0, 0.05) is 5.69 Å². The summed E-state index contributed by atoms with van der Waals surface area (Å²) in [6.07, 6.45) is 0.941. The molecule has 3 aromatic carbocycles. The van der Waals surface area contributed by atoms with Crippen molar-refractivity contribution in [2.75, 3.05) is 10.2 Å². The van der Waals surface area contributed by atoms with Crippen LogP contribution in [-0.4, -0.2) is 11.8 Å². The Balaban J connectivity index is 1.80. The molecule has 1 aliphatic heterocycles. The van der Waals surface area contributed by atoms with E-state index in [9.17, 15) is 9.59 Å². The SMILES string of the molecule is CCc1ccc(NC2=C(c3ccccc3)C(=O)N(c3cc(C)cc(C)c3)C2=O)cc1. The van der Waals surface area contributed by atoms with Gasteiger partial charge < -0.3 is 5.32 Å². The third-order valence-corrected chi connectivity index (χ3v) is 5.24. The molecular formula is C26H24N2O2. The number of imide groups is 1. The van der Waals surface area contributed by atoms with Crippen molar-refractivity contribution in [3.8, 4) is 0 Å². The summed E-state index contributed by atoms with van der Waals surface area (Å²) in [6, 6.07) is 23.0. The molecule has 0 bridgehead atoms. The molecule has 150 valence electrons. The van der Waals surface area contributed by atoms with E-state index in [-0.39, 0.29) is 11.8 Å². The number of benzene rings is 3. The molecule has 4 heteroatoms. The molecule has 0 aliphatic carbocycles. The number of rotatable bonds is 5. The number of aryl methyl sites for hydroxylation is 3. The van der Waals surface area contributed by atoms with Crippen LogP contribution < -0.4 is 10.2 Å². The highest BCUT2D eigenvalue weighted by atomic mass is 16.2. The highest BCUT2D eigenvalue weighted by Gasteiger charge is 2.40. The Morgan fingerprint density at radius 1 is 0.800 bits per heavy atom. The Kier molecular flexibility index (Phi) is 5.23. The molecular weight excluding hydrogens is 372 g/mol. The molecule has 0 unspecified atom stereocenters. The molecule has 0 spiro atoms. The normalized spacial score (nSPS) is 13.9. The van der Waals surface area contributed by atoms with E-state index in [2.05, 4.69) is 12.2 Å². The number of carbonyl (C=O) groups is 2. The van der Waals surface area contributed by atoms with E-state index in [1.807, 2.05) is 86.6 Å². The number of amides is 2. The van der Waals surface area contributed by atoms with Gasteiger partial charge in [0.2, 0.25) is 0 Å². The number of nitrogens with one attached hydrogen (secondary N) is 1. The first-order valence-electron chi connectivity index (χ1n) is 10.1. The van der Waals surface area contributed by atoms with Crippen LogP contribution in [0.15, 0.2) is 78.5 Å². The van der Waals surface area contributed by atoms with E-state index in [0.717, 1.165) is 28.8 Å². The zero-order chi connectivity index (χ0) is 21.3. The predicted octanol–water partition coefficient (Wildman–Crippen LogP) is 5.26. The van der Waals surface area contributed by atoms with Crippen LogP contribution in [0.4, 0.5) is 11.4 Å². The fourth-order valence-corrected chi connectivity index (χ4v) is 3.80. The minimum absolute atomic E-state index is 0.301. The Labute approximate surface area is 176 Å². The van der Waals surface area contributed by atoms with Crippen molar-refractivity contribution in [2.24, 2.45) is 0 Å². The summed E-state index contributed by atoms with van der Waals surface area (Å²) in [5.74, 6) is -0.660. The average molecular weight is 396 g/mol. The van der Waals surface area contributed by atoms with Crippen LogP contribution in [0, 0.1) is 13.8 Å². The smallest absolute Gasteiger partial charge is 0.282 e. The van der Waals surface area contributed by atoms with Crippen molar-refractivity contribution in [2.45, 2.75) is 27.2 Å². The van der Waals surface area contributed by atoms with Crippen molar-refractivity contribution in [1.82, 2.24) is 0 Å². The Hall–Kier alpha value is -3.66. The van der Waals surface area contributed by atoms with Crippen LogP contribution >= 0.6 is 0 Å². The lowest BCUT2D eigenvalue weighted by atomic mass is 10.0. The monoisotopic (exact) mass is 396 g/mol. The second-order valence-corrected chi connectivity index (χ2v) is 7.58. The number of hydrogen-bond donors (Lipinski definition) is 1. The third-order valence-electron chi connectivity index (χ3n) is 5.24. The molecule has 3 aromatic rings. The highest BCUT2D eigenvalue weighted by molar-refractivity contribution is 6.46. The molecule has 0 saturated carbocycles. The van der Waals surface area contributed by atoms with Gasteiger partial charge in [0.15, 0.2) is 0 Å². The Morgan fingerprint density at radius 2 is 1.43 bits per heavy atom. The van der Waals surface area contributed by atoms with E-state index in [4.69, 9.17) is 0 Å². The third kappa shape index (κ3) is 3.64. The fourth-order valence-electron chi connectivity index (χ4n) is 3.80. The van der Waals surface area contributed by atoms with E-state index < -0.39 is 0 Å². The first-order chi connectivity index (χ1) is 14.5. The molecule has 4 nitrogen and oxygen atoms in total. The van der Waals surface area contributed by atoms with Crippen LogP contribution in [0.5, 0.6) is 0 Å². The number of carbonyl (C=O) groups excluding carboxylic acids is 2. The number of anilines is 2. The Bertz CT molecular complexity index is 1130. The molecule has 2 amide bonds. The zero-order valence-electron chi connectivity index (χ0n) is 17.4. The van der Waals surface area contributed by atoms with Gasteiger partial charge in [0.05, 0.1) is 11.3 Å². The van der Waals surface area contributed by atoms with E-state index in [0.29, 0.717) is 17.0 Å².